The number of aromatic nitrogens is 3. The van der Waals surface area contributed by atoms with Crippen molar-refractivity contribution in [2.45, 2.75) is 30.2 Å². The van der Waals surface area contributed by atoms with Gasteiger partial charge in [0.15, 0.2) is 0 Å². The summed E-state index contributed by atoms with van der Waals surface area (Å²) in [5.74, 6) is 0.668. The average molecular weight is 310 g/mol. The van der Waals surface area contributed by atoms with E-state index in [1.165, 1.54) is 11.8 Å². The molecule has 1 saturated heterocycles. The number of nitrogens with zero attached hydrogens (tertiary/aromatic N) is 4. The normalized spacial score (nSPS) is 19.0. The van der Waals surface area contributed by atoms with E-state index in [-0.39, 0.29) is 11.2 Å². The number of hydrogen-bond acceptors (Lipinski definition) is 7. The maximum Gasteiger partial charge on any atom is 0.277 e. The molecule has 3 rings (SSSR count). The number of aryl methyl sites for hydroxylation is 1. The minimum atomic E-state index is -0.102. The van der Waals surface area contributed by atoms with Gasteiger partial charge in [-0.15, -0.1) is 21.5 Å². The van der Waals surface area contributed by atoms with Gasteiger partial charge in [-0.05, 0) is 13.3 Å². The molecule has 6 nitrogen and oxygen atoms in total. The zero-order valence-electron chi connectivity index (χ0n) is 11.2. The van der Waals surface area contributed by atoms with E-state index in [1.54, 1.807) is 16.2 Å². The van der Waals surface area contributed by atoms with Gasteiger partial charge in [-0.3, -0.25) is 4.79 Å². The lowest BCUT2D eigenvalue weighted by Gasteiger charge is -2.07. The van der Waals surface area contributed by atoms with Crippen LogP contribution in [0.4, 0.5) is 0 Å². The van der Waals surface area contributed by atoms with Crippen LogP contribution in [-0.2, 0) is 11.2 Å². The molecule has 0 saturated carbocycles. The molecule has 1 amide bonds. The van der Waals surface area contributed by atoms with E-state index in [1.807, 2.05) is 19.4 Å². The summed E-state index contributed by atoms with van der Waals surface area (Å²) in [6.45, 7) is 2.75. The molecule has 1 fully saturated rings. The van der Waals surface area contributed by atoms with Crippen LogP contribution in [0.25, 0.3) is 0 Å². The van der Waals surface area contributed by atoms with E-state index in [0.29, 0.717) is 17.5 Å². The smallest absolute Gasteiger partial charge is 0.277 e. The summed E-state index contributed by atoms with van der Waals surface area (Å²) in [7, 11) is 1.81. The fraction of sp³-hybridized carbons (Fsp3) is 0.500. The molecule has 3 heterocycles. The maximum atomic E-state index is 11.8. The van der Waals surface area contributed by atoms with Crippen molar-refractivity contribution in [3.05, 3.63) is 22.0 Å². The van der Waals surface area contributed by atoms with Crippen molar-refractivity contribution in [2.75, 3.05) is 13.6 Å². The van der Waals surface area contributed by atoms with Gasteiger partial charge in [-0.1, -0.05) is 11.8 Å². The Balaban J connectivity index is 1.63. The predicted molar refractivity (Wildman–Crippen MR) is 75.9 cm³/mol. The molecule has 106 valence electrons. The number of carbonyl (C=O) groups excluding carboxylic acids is 1. The molecular formula is C12H14N4O2S2. The lowest BCUT2D eigenvalue weighted by molar-refractivity contribution is -0.126. The molecule has 2 aromatic rings. The van der Waals surface area contributed by atoms with E-state index in [4.69, 9.17) is 4.42 Å². The summed E-state index contributed by atoms with van der Waals surface area (Å²) in [4.78, 5) is 17.9. The minimum absolute atomic E-state index is 0.102. The summed E-state index contributed by atoms with van der Waals surface area (Å²) >= 11 is 2.95. The molecule has 1 atom stereocenters. The molecule has 8 heteroatoms. The van der Waals surface area contributed by atoms with Gasteiger partial charge in [-0.2, -0.15) is 0 Å². The zero-order chi connectivity index (χ0) is 14.1. The van der Waals surface area contributed by atoms with Crippen molar-refractivity contribution in [2.24, 2.45) is 0 Å². The zero-order valence-corrected chi connectivity index (χ0v) is 12.8. The second kappa shape index (κ2) is 5.53. The third kappa shape index (κ3) is 2.85. The van der Waals surface area contributed by atoms with Gasteiger partial charge >= 0.3 is 0 Å². The Morgan fingerprint density at radius 3 is 3.05 bits per heavy atom. The molecular weight excluding hydrogens is 296 g/mol. The van der Waals surface area contributed by atoms with Crippen molar-refractivity contribution >= 4 is 29.0 Å². The Morgan fingerprint density at radius 2 is 2.40 bits per heavy atom. The van der Waals surface area contributed by atoms with Crippen LogP contribution >= 0.6 is 23.1 Å². The van der Waals surface area contributed by atoms with Crippen LogP contribution in [0.15, 0.2) is 15.0 Å². The highest BCUT2D eigenvalue weighted by atomic mass is 32.2. The van der Waals surface area contributed by atoms with Crippen LogP contribution in [0.5, 0.6) is 0 Å². The van der Waals surface area contributed by atoms with Gasteiger partial charge in [0.2, 0.25) is 11.8 Å². The number of thioether (sulfide) groups is 1. The molecule has 0 aliphatic carbocycles. The molecule has 1 aliphatic heterocycles. The standard InChI is InChI=1S/C12H14N4O2S2/c1-7-13-8(6-19-7)5-10-14-15-12(18-10)20-9-3-4-16(2)11(9)17/h6,9H,3-5H2,1-2H3. The number of likely N-dealkylation sites (tertiary alicyclic amines) is 1. The lowest BCUT2D eigenvalue weighted by atomic mass is 10.3. The van der Waals surface area contributed by atoms with Gasteiger partial charge in [0, 0.05) is 19.0 Å². The van der Waals surface area contributed by atoms with Crippen molar-refractivity contribution < 1.29 is 9.21 Å². The van der Waals surface area contributed by atoms with E-state index in [2.05, 4.69) is 15.2 Å². The molecule has 0 bridgehead atoms. The Hall–Kier alpha value is -1.41. The van der Waals surface area contributed by atoms with Crippen LogP contribution in [0, 0.1) is 6.92 Å². The van der Waals surface area contributed by atoms with Gasteiger partial charge in [0.25, 0.3) is 5.22 Å². The summed E-state index contributed by atoms with van der Waals surface area (Å²) in [6.07, 6.45) is 1.36. The molecule has 2 aromatic heterocycles. The minimum Gasteiger partial charge on any atom is -0.416 e. The number of hydrogen-bond donors (Lipinski definition) is 0. The number of amides is 1. The molecule has 0 spiro atoms. The molecule has 1 unspecified atom stereocenters. The third-order valence-electron chi connectivity index (χ3n) is 3.07. The van der Waals surface area contributed by atoms with Gasteiger partial charge in [-0.25, -0.2) is 4.98 Å². The summed E-state index contributed by atoms with van der Waals surface area (Å²) in [6, 6.07) is 0. The van der Waals surface area contributed by atoms with Crippen molar-refractivity contribution in [3.8, 4) is 0 Å². The van der Waals surface area contributed by atoms with E-state index >= 15 is 0 Å². The quantitative estimate of drug-likeness (QED) is 0.856. The van der Waals surface area contributed by atoms with Crippen LogP contribution in [0.3, 0.4) is 0 Å². The highest BCUT2D eigenvalue weighted by molar-refractivity contribution is 8.00. The van der Waals surface area contributed by atoms with Gasteiger partial charge in [0.05, 0.1) is 22.4 Å². The van der Waals surface area contributed by atoms with E-state index in [9.17, 15) is 4.79 Å². The monoisotopic (exact) mass is 310 g/mol. The highest BCUT2D eigenvalue weighted by Crippen LogP contribution is 2.29. The summed E-state index contributed by atoms with van der Waals surface area (Å²) in [5.41, 5.74) is 0.935. The van der Waals surface area contributed by atoms with Gasteiger partial charge in [0.1, 0.15) is 0 Å². The Kier molecular flexibility index (Phi) is 3.75. The topological polar surface area (TPSA) is 72.1 Å². The second-order valence-electron chi connectivity index (χ2n) is 4.65. The fourth-order valence-corrected chi connectivity index (χ4v) is 3.62. The van der Waals surface area contributed by atoms with Crippen molar-refractivity contribution in [1.82, 2.24) is 20.1 Å². The fourth-order valence-electron chi connectivity index (χ4n) is 2.02. The Labute approximate surface area is 124 Å². The van der Waals surface area contributed by atoms with Crippen LogP contribution in [0.2, 0.25) is 0 Å². The maximum absolute atomic E-state index is 11.8. The molecule has 0 N–H and O–H groups in total. The van der Waals surface area contributed by atoms with Crippen molar-refractivity contribution in [3.63, 3.8) is 0 Å². The third-order valence-corrected chi connectivity index (χ3v) is 4.98. The average Bonchev–Trinajstić information content (AvgIpc) is 3.09. The van der Waals surface area contributed by atoms with Gasteiger partial charge < -0.3 is 9.32 Å². The number of carbonyl (C=O) groups is 1. The summed E-state index contributed by atoms with van der Waals surface area (Å²) in [5, 5.41) is 11.4. The number of thiazole rings is 1. The molecule has 0 aromatic carbocycles. The predicted octanol–water partition coefficient (Wildman–Crippen LogP) is 1.75. The number of rotatable bonds is 4. The van der Waals surface area contributed by atoms with E-state index in [0.717, 1.165) is 23.7 Å². The first-order chi connectivity index (χ1) is 9.61. The Morgan fingerprint density at radius 1 is 1.55 bits per heavy atom. The van der Waals surface area contributed by atoms with Crippen LogP contribution in [0.1, 0.15) is 23.0 Å². The molecule has 1 aliphatic rings. The largest absolute Gasteiger partial charge is 0.416 e. The second-order valence-corrected chi connectivity index (χ2v) is 6.87. The highest BCUT2D eigenvalue weighted by Gasteiger charge is 2.31. The van der Waals surface area contributed by atoms with Crippen LogP contribution < -0.4 is 0 Å². The van der Waals surface area contributed by atoms with Crippen LogP contribution in [-0.4, -0.2) is 44.8 Å². The summed E-state index contributed by atoms with van der Waals surface area (Å²) < 4.78 is 5.58. The first-order valence-electron chi connectivity index (χ1n) is 6.27. The Bertz CT molecular complexity index is 625. The SMILES string of the molecule is Cc1nc(Cc2nnc(SC3CCN(C)C3=O)o2)cs1. The lowest BCUT2D eigenvalue weighted by Crippen LogP contribution is -2.23. The first kappa shape index (κ1) is 13.6. The molecule has 0 radical (unpaired) electrons. The van der Waals surface area contributed by atoms with Crippen molar-refractivity contribution in [1.29, 1.82) is 0 Å². The molecule has 20 heavy (non-hydrogen) atoms. The van der Waals surface area contributed by atoms with E-state index < -0.39 is 0 Å². The first-order valence-corrected chi connectivity index (χ1v) is 8.03.